The summed E-state index contributed by atoms with van der Waals surface area (Å²) in [5.41, 5.74) is 0.285. The lowest BCUT2D eigenvalue weighted by Gasteiger charge is -2.14. The lowest BCUT2D eigenvalue weighted by Crippen LogP contribution is -2.34. The number of ether oxygens (including phenoxy) is 1. The van der Waals surface area contributed by atoms with Crippen molar-refractivity contribution in [3.63, 3.8) is 0 Å². The fraction of sp³-hybridized carbons (Fsp3) is 0.385. The molecule has 116 valence electrons. The Morgan fingerprint density at radius 1 is 1.29 bits per heavy atom. The van der Waals surface area contributed by atoms with Gasteiger partial charge in [0, 0.05) is 25.5 Å². The molecule has 7 nitrogen and oxygen atoms in total. The molecule has 1 atom stereocenters. The topological polar surface area (TPSA) is 110 Å². The second-order valence-electron chi connectivity index (χ2n) is 4.46. The van der Waals surface area contributed by atoms with Crippen LogP contribution >= 0.6 is 0 Å². The highest BCUT2D eigenvalue weighted by Crippen LogP contribution is 2.10. The van der Waals surface area contributed by atoms with Gasteiger partial charge in [-0.1, -0.05) is 0 Å². The number of hydrogen-bond donors (Lipinski definition) is 2. The number of carbonyl (C=O) groups excluding carboxylic acids is 1. The first-order valence-corrected chi connectivity index (χ1v) is 7.96. The Morgan fingerprint density at radius 3 is 2.29 bits per heavy atom. The summed E-state index contributed by atoms with van der Waals surface area (Å²) in [5, 5.41) is 11.2. The molecule has 0 aliphatic carbocycles. The summed E-state index contributed by atoms with van der Waals surface area (Å²) in [6.07, 6.45) is 0.239. The lowest BCUT2D eigenvalue weighted by atomic mass is 10.2. The van der Waals surface area contributed by atoms with Crippen molar-refractivity contribution in [2.45, 2.75) is 17.4 Å². The van der Waals surface area contributed by atoms with E-state index in [9.17, 15) is 18.0 Å². The summed E-state index contributed by atoms with van der Waals surface area (Å²) < 4.78 is 27.5. The molecule has 0 radical (unpaired) electrons. The predicted molar refractivity (Wildman–Crippen MR) is 74.9 cm³/mol. The molecule has 8 heteroatoms. The molecule has 21 heavy (non-hydrogen) atoms. The zero-order valence-electron chi connectivity index (χ0n) is 11.7. The smallest absolute Gasteiger partial charge is 0.306 e. The number of sulfone groups is 1. The summed E-state index contributed by atoms with van der Waals surface area (Å²) in [6.45, 7) is 0.0511. The summed E-state index contributed by atoms with van der Waals surface area (Å²) in [4.78, 5) is 22.5. The van der Waals surface area contributed by atoms with Crippen molar-refractivity contribution in [1.29, 1.82) is 0 Å². The molecule has 0 bridgehead atoms. The normalized spacial score (nSPS) is 12.7. The van der Waals surface area contributed by atoms with Crippen molar-refractivity contribution in [1.82, 2.24) is 5.32 Å². The number of rotatable bonds is 7. The number of aliphatic carboxylic acids is 1. The van der Waals surface area contributed by atoms with Crippen LogP contribution in [0.3, 0.4) is 0 Å². The fourth-order valence-corrected chi connectivity index (χ4v) is 2.23. The number of nitrogens with one attached hydrogen (secondary N) is 1. The van der Waals surface area contributed by atoms with Crippen LogP contribution in [0, 0.1) is 0 Å². The molecule has 0 fully saturated rings. The molecule has 0 spiro atoms. The molecule has 0 aliphatic rings. The number of carboxylic acid groups (broad SMARTS) is 1. The highest BCUT2D eigenvalue weighted by Gasteiger charge is 2.15. The van der Waals surface area contributed by atoms with Crippen LogP contribution in [0.15, 0.2) is 29.2 Å². The lowest BCUT2D eigenvalue weighted by molar-refractivity contribution is -0.139. The SMILES string of the molecule is COC(CNC(=O)c1ccc(S(C)(=O)=O)cc1)CC(=O)O. The van der Waals surface area contributed by atoms with E-state index in [1.165, 1.54) is 31.4 Å². The standard InChI is InChI=1S/C13H17NO6S/c1-20-10(7-12(15)16)8-14-13(17)9-3-5-11(6-4-9)21(2,18)19/h3-6,10H,7-8H2,1-2H3,(H,14,17)(H,15,16). The summed E-state index contributed by atoms with van der Waals surface area (Å²) in [7, 11) is -1.94. The number of methoxy groups -OCH3 is 1. The average molecular weight is 315 g/mol. The minimum absolute atomic E-state index is 0.0511. The minimum Gasteiger partial charge on any atom is -0.481 e. The van der Waals surface area contributed by atoms with Gasteiger partial charge in [-0.25, -0.2) is 8.42 Å². The third-order valence-corrected chi connectivity index (χ3v) is 3.90. The maximum absolute atomic E-state index is 11.8. The van der Waals surface area contributed by atoms with Crippen molar-refractivity contribution in [3.8, 4) is 0 Å². The summed E-state index contributed by atoms with van der Waals surface area (Å²) >= 11 is 0. The molecule has 1 aromatic carbocycles. The Labute approximate surface area is 122 Å². The van der Waals surface area contributed by atoms with E-state index >= 15 is 0 Å². The number of amides is 1. The average Bonchev–Trinajstić information content (AvgIpc) is 2.41. The van der Waals surface area contributed by atoms with Gasteiger partial charge in [0.2, 0.25) is 0 Å². The number of carboxylic acids is 1. The first-order valence-electron chi connectivity index (χ1n) is 6.07. The zero-order chi connectivity index (χ0) is 16.0. The maximum Gasteiger partial charge on any atom is 0.306 e. The fourth-order valence-electron chi connectivity index (χ4n) is 1.60. The van der Waals surface area contributed by atoms with E-state index in [4.69, 9.17) is 9.84 Å². The van der Waals surface area contributed by atoms with Gasteiger partial charge in [0.05, 0.1) is 17.4 Å². The van der Waals surface area contributed by atoms with Crippen LogP contribution in [0.25, 0.3) is 0 Å². The van der Waals surface area contributed by atoms with Crippen molar-refractivity contribution in [3.05, 3.63) is 29.8 Å². The number of hydrogen-bond acceptors (Lipinski definition) is 5. The monoisotopic (exact) mass is 315 g/mol. The van der Waals surface area contributed by atoms with E-state index in [0.717, 1.165) is 6.26 Å². The van der Waals surface area contributed by atoms with E-state index in [0.29, 0.717) is 0 Å². The van der Waals surface area contributed by atoms with Gasteiger partial charge >= 0.3 is 5.97 Å². The Hall–Kier alpha value is -1.93. The molecule has 2 N–H and O–H groups in total. The molecule has 0 aliphatic heterocycles. The largest absolute Gasteiger partial charge is 0.481 e. The summed E-state index contributed by atoms with van der Waals surface area (Å²) in [5.74, 6) is -1.45. The van der Waals surface area contributed by atoms with Crippen molar-refractivity contribution < 1.29 is 27.9 Å². The van der Waals surface area contributed by atoms with Crippen LogP contribution in [0.2, 0.25) is 0 Å². The van der Waals surface area contributed by atoms with Gasteiger partial charge in [0.1, 0.15) is 0 Å². The quantitative estimate of drug-likeness (QED) is 0.749. The molecule has 1 aromatic rings. The second-order valence-corrected chi connectivity index (χ2v) is 6.48. The second kappa shape index (κ2) is 7.19. The molecule has 1 unspecified atom stereocenters. The van der Waals surface area contributed by atoms with Crippen molar-refractivity contribution in [2.24, 2.45) is 0 Å². The Morgan fingerprint density at radius 2 is 1.86 bits per heavy atom. The Bertz CT molecular complexity index is 608. The molecular formula is C13H17NO6S. The molecule has 0 saturated heterocycles. The van der Waals surface area contributed by atoms with Crippen LogP contribution in [0.5, 0.6) is 0 Å². The Kier molecular flexibility index (Phi) is 5.86. The van der Waals surface area contributed by atoms with E-state index < -0.39 is 27.8 Å². The van der Waals surface area contributed by atoms with Gasteiger partial charge in [-0.15, -0.1) is 0 Å². The van der Waals surface area contributed by atoms with Crippen LogP contribution in [-0.2, 0) is 19.4 Å². The molecular weight excluding hydrogens is 298 g/mol. The van der Waals surface area contributed by atoms with Crippen LogP contribution < -0.4 is 5.32 Å². The third kappa shape index (κ3) is 5.52. The molecule has 0 saturated carbocycles. The van der Waals surface area contributed by atoms with Gasteiger partial charge in [0.15, 0.2) is 9.84 Å². The molecule has 0 heterocycles. The zero-order valence-corrected chi connectivity index (χ0v) is 12.5. The van der Waals surface area contributed by atoms with Crippen LogP contribution in [-0.4, -0.2) is 51.4 Å². The third-order valence-electron chi connectivity index (χ3n) is 2.77. The van der Waals surface area contributed by atoms with Crippen molar-refractivity contribution >= 4 is 21.7 Å². The first kappa shape index (κ1) is 17.1. The minimum atomic E-state index is -3.31. The number of benzene rings is 1. The van der Waals surface area contributed by atoms with E-state index in [1.807, 2.05) is 0 Å². The Balaban J connectivity index is 2.66. The van der Waals surface area contributed by atoms with Gasteiger partial charge < -0.3 is 15.2 Å². The highest BCUT2D eigenvalue weighted by molar-refractivity contribution is 7.90. The number of carbonyl (C=O) groups is 2. The predicted octanol–water partition coefficient (Wildman–Crippen LogP) is 0.310. The van der Waals surface area contributed by atoms with Crippen molar-refractivity contribution in [2.75, 3.05) is 19.9 Å². The molecule has 0 aromatic heterocycles. The van der Waals surface area contributed by atoms with Gasteiger partial charge in [-0.3, -0.25) is 9.59 Å². The van der Waals surface area contributed by atoms with Crippen LogP contribution in [0.1, 0.15) is 16.8 Å². The van der Waals surface area contributed by atoms with Crippen LogP contribution in [0.4, 0.5) is 0 Å². The van der Waals surface area contributed by atoms with Gasteiger partial charge in [-0.05, 0) is 24.3 Å². The summed E-state index contributed by atoms with van der Waals surface area (Å²) in [6, 6.07) is 5.47. The van der Waals surface area contributed by atoms with Gasteiger partial charge in [-0.2, -0.15) is 0 Å². The molecule has 1 rings (SSSR count). The first-order chi connectivity index (χ1) is 9.74. The highest BCUT2D eigenvalue weighted by atomic mass is 32.2. The van der Waals surface area contributed by atoms with E-state index in [2.05, 4.69) is 5.32 Å². The van der Waals surface area contributed by atoms with E-state index in [1.54, 1.807) is 0 Å². The molecule has 1 amide bonds. The van der Waals surface area contributed by atoms with Gasteiger partial charge in [0.25, 0.3) is 5.91 Å². The van der Waals surface area contributed by atoms with E-state index in [-0.39, 0.29) is 23.4 Å². The maximum atomic E-state index is 11.8.